The summed E-state index contributed by atoms with van der Waals surface area (Å²) in [4.78, 5) is 24.8. The Bertz CT molecular complexity index is 1010. The predicted molar refractivity (Wildman–Crippen MR) is 113 cm³/mol. The van der Waals surface area contributed by atoms with Gasteiger partial charge in [-0.25, -0.2) is 9.59 Å². The van der Waals surface area contributed by atoms with Gasteiger partial charge in [-0.2, -0.15) is 0 Å². The zero-order valence-corrected chi connectivity index (χ0v) is 18.0. The van der Waals surface area contributed by atoms with E-state index in [0.29, 0.717) is 47.8 Å². The molecule has 1 aliphatic heterocycles. The van der Waals surface area contributed by atoms with Crippen molar-refractivity contribution in [2.24, 2.45) is 0 Å². The summed E-state index contributed by atoms with van der Waals surface area (Å²) >= 11 is 0. The van der Waals surface area contributed by atoms with Crippen LogP contribution in [0.4, 0.5) is 0 Å². The summed E-state index contributed by atoms with van der Waals surface area (Å²) in [7, 11) is 3.07. The second-order valence-electron chi connectivity index (χ2n) is 7.67. The fourth-order valence-corrected chi connectivity index (χ4v) is 3.71. The molecule has 164 valence electrons. The second-order valence-corrected chi connectivity index (χ2v) is 7.67. The lowest BCUT2D eigenvalue weighted by Crippen LogP contribution is -2.32. The molecule has 0 bridgehead atoms. The highest BCUT2D eigenvalue weighted by Gasteiger charge is 2.55. The number of ether oxygens (including phenoxy) is 5. The molecule has 7 nitrogen and oxygen atoms in total. The molecule has 0 unspecified atom stereocenters. The van der Waals surface area contributed by atoms with Crippen molar-refractivity contribution < 1.29 is 33.3 Å². The van der Waals surface area contributed by atoms with Crippen LogP contribution in [0, 0.1) is 0 Å². The van der Waals surface area contributed by atoms with Crippen molar-refractivity contribution in [3.63, 3.8) is 0 Å². The van der Waals surface area contributed by atoms with E-state index in [1.807, 2.05) is 19.1 Å². The van der Waals surface area contributed by atoms with Gasteiger partial charge in [-0.3, -0.25) is 0 Å². The minimum atomic E-state index is -1.04. The van der Waals surface area contributed by atoms with Crippen LogP contribution in [-0.2, 0) is 20.9 Å². The van der Waals surface area contributed by atoms with Gasteiger partial charge in [0, 0.05) is 24.0 Å². The van der Waals surface area contributed by atoms with Crippen molar-refractivity contribution in [1.29, 1.82) is 0 Å². The minimum absolute atomic E-state index is 0.183. The standard InChI is InChI=1S/C24H26O7/c1-4-5-13-29-23(26)24(11-12-24)31-20-16(9-10-19(27-2)21(20)28-3)15-7-6-8-17-18(15)14-30-22(17)25/h6-10H,4-5,11-14H2,1-3H3. The van der Waals surface area contributed by atoms with E-state index >= 15 is 0 Å². The second kappa shape index (κ2) is 8.49. The van der Waals surface area contributed by atoms with Gasteiger partial charge >= 0.3 is 11.9 Å². The molecule has 7 heteroatoms. The fraction of sp³-hybridized carbons (Fsp3) is 0.417. The number of benzene rings is 2. The van der Waals surface area contributed by atoms with Crippen LogP contribution in [0.15, 0.2) is 30.3 Å². The number of carbonyl (C=O) groups is 2. The summed E-state index contributed by atoms with van der Waals surface area (Å²) < 4.78 is 28.1. The van der Waals surface area contributed by atoms with Crippen LogP contribution in [0.3, 0.4) is 0 Å². The predicted octanol–water partition coefficient (Wildman–Crippen LogP) is 4.30. The van der Waals surface area contributed by atoms with Crippen LogP contribution < -0.4 is 14.2 Å². The Morgan fingerprint density at radius 3 is 2.48 bits per heavy atom. The molecule has 2 aliphatic rings. The SMILES string of the molecule is CCCCOC(=O)C1(Oc2c(-c3cccc4c3COC4=O)ccc(OC)c2OC)CC1. The summed E-state index contributed by atoms with van der Waals surface area (Å²) in [5.41, 5.74) is 1.75. The van der Waals surface area contributed by atoms with Crippen LogP contribution in [-0.4, -0.2) is 38.4 Å². The van der Waals surface area contributed by atoms with Crippen LogP contribution in [0.5, 0.6) is 17.2 Å². The molecular weight excluding hydrogens is 400 g/mol. The Hall–Kier alpha value is -3.22. The van der Waals surface area contributed by atoms with E-state index in [-0.39, 0.29) is 18.5 Å². The van der Waals surface area contributed by atoms with Crippen molar-refractivity contribution in [3.05, 3.63) is 41.5 Å². The van der Waals surface area contributed by atoms with Gasteiger partial charge in [0.05, 0.1) is 26.4 Å². The number of cyclic esters (lactones) is 1. The van der Waals surface area contributed by atoms with Crippen LogP contribution in [0.2, 0.25) is 0 Å². The molecular formula is C24H26O7. The van der Waals surface area contributed by atoms with E-state index in [1.54, 1.807) is 25.3 Å². The summed E-state index contributed by atoms with van der Waals surface area (Å²) in [6.07, 6.45) is 2.87. The molecule has 0 spiro atoms. The quantitative estimate of drug-likeness (QED) is 0.437. The van der Waals surface area contributed by atoms with E-state index in [9.17, 15) is 9.59 Å². The highest BCUT2D eigenvalue weighted by molar-refractivity contribution is 5.97. The Kier molecular flexibility index (Phi) is 5.76. The zero-order valence-electron chi connectivity index (χ0n) is 18.0. The first-order chi connectivity index (χ1) is 15.0. The van der Waals surface area contributed by atoms with Crippen molar-refractivity contribution in [2.45, 2.75) is 44.8 Å². The third-order valence-electron chi connectivity index (χ3n) is 5.64. The zero-order chi connectivity index (χ0) is 22.0. The number of hydrogen-bond donors (Lipinski definition) is 0. The Balaban J connectivity index is 1.77. The molecule has 4 rings (SSSR count). The van der Waals surface area contributed by atoms with Gasteiger partial charge in [-0.05, 0) is 30.2 Å². The molecule has 0 saturated heterocycles. The van der Waals surface area contributed by atoms with Crippen LogP contribution in [0.25, 0.3) is 11.1 Å². The largest absolute Gasteiger partial charge is 0.493 e. The molecule has 2 aromatic rings. The average Bonchev–Trinajstić information content (AvgIpc) is 3.48. The number of rotatable bonds is 9. The molecule has 31 heavy (non-hydrogen) atoms. The van der Waals surface area contributed by atoms with Crippen LogP contribution >= 0.6 is 0 Å². The van der Waals surface area contributed by atoms with Crippen LogP contribution in [0.1, 0.15) is 48.5 Å². The maximum atomic E-state index is 12.8. The van der Waals surface area contributed by atoms with Crippen molar-refractivity contribution in [3.8, 4) is 28.4 Å². The monoisotopic (exact) mass is 426 g/mol. The minimum Gasteiger partial charge on any atom is -0.493 e. The normalized spacial score (nSPS) is 15.6. The maximum absolute atomic E-state index is 12.8. The lowest BCUT2D eigenvalue weighted by atomic mass is 9.95. The van der Waals surface area contributed by atoms with E-state index in [2.05, 4.69) is 0 Å². The number of esters is 2. The van der Waals surface area contributed by atoms with Crippen molar-refractivity contribution >= 4 is 11.9 Å². The van der Waals surface area contributed by atoms with Gasteiger partial charge in [0.25, 0.3) is 0 Å². The lowest BCUT2D eigenvalue weighted by molar-refractivity contribution is -0.154. The summed E-state index contributed by atoms with van der Waals surface area (Å²) in [6, 6.07) is 9.05. The van der Waals surface area contributed by atoms with Gasteiger partial charge in [-0.1, -0.05) is 25.5 Å². The highest BCUT2D eigenvalue weighted by Crippen LogP contribution is 2.51. The first kappa shape index (κ1) is 21.0. The Morgan fingerprint density at radius 2 is 1.81 bits per heavy atom. The van der Waals surface area contributed by atoms with Crippen molar-refractivity contribution in [1.82, 2.24) is 0 Å². The van der Waals surface area contributed by atoms with E-state index < -0.39 is 5.60 Å². The smallest absolute Gasteiger partial charge is 0.350 e. The number of unbranched alkanes of at least 4 members (excludes halogenated alkanes) is 1. The third-order valence-corrected chi connectivity index (χ3v) is 5.64. The molecule has 1 saturated carbocycles. The van der Waals surface area contributed by atoms with Gasteiger partial charge in [0.2, 0.25) is 11.4 Å². The van der Waals surface area contributed by atoms with E-state index in [4.69, 9.17) is 23.7 Å². The summed E-state index contributed by atoms with van der Waals surface area (Å²) in [5, 5.41) is 0. The Morgan fingerprint density at radius 1 is 1.03 bits per heavy atom. The van der Waals surface area contributed by atoms with Gasteiger partial charge in [0.15, 0.2) is 11.5 Å². The van der Waals surface area contributed by atoms with Gasteiger partial charge < -0.3 is 23.7 Å². The molecule has 0 atom stereocenters. The molecule has 1 heterocycles. The van der Waals surface area contributed by atoms with E-state index in [0.717, 1.165) is 24.0 Å². The highest BCUT2D eigenvalue weighted by atomic mass is 16.6. The van der Waals surface area contributed by atoms with Crippen molar-refractivity contribution in [2.75, 3.05) is 20.8 Å². The lowest BCUT2D eigenvalue weighted by Gasteiger charge is -2.23. The summed E-state index contributed by atoms with van der Waals surface area (Å²) in [5.74, 6) is 0.540. The first-order valence-electron chi connectivity index (χ1n) is 10.4. The van der Waals surface area contributed by atoms with Gasteiger partial charge in [-0.15, -0.1) is 0 Å². The number of fused-ring (bicyclic) bond motifs is 1. The third kappa shape index (κ3) is 3.80. The fourth-order valence-electron chi connectivity index (χ4n) is 3.71. The topological polar surface area (TPSA) is 80.3 Å². The molecule has 1 fully saturated rings. The molecule has 0 radical (unpaired) electrons. The number of methoxy groups -OCH3 is 2. The Labute approximate surface area is 181 Å². The molecule has 0 aromatic heterocycles. The average molecular weight is 426 g/mol. The number of carbonyl (C=O) groups excluding carboxylic acids is 2. The molecule has 0 amide bonds. The first-order valence-corrected chi connectivity index (χ1v) is 10.4. The van der Waals surface area contributed by atoms with Gasteiger partial charge in [0.1, 0.15) is 6.61 Å². The number of hydrogen-bond acceptors (Lipinski definition) is 7. The molecule has 0 N–H and O–H groups in total. The van der Waals surface area contributed by atoms with E-state index in [1.165, 1.54) is 7.11 Å². The molecule has 2 aromatic carbocycles. The molecule has 1 aliphatic carbocycles. The maximum Gasteiger partial charge on any atom is 0.350 e. The summed E-state index contributed by atoms with van der Waals surface area (Å²) in [6.45, 7) is 2.59.